The van der Waals surface area contributed by atoms with Crippen LogP contribution in [0.2, 0.25) is 0 Å². The van der Waals surface area contributed by atoms with Crippen molar-refractivity contribution in [2.75, 3.05) is 12.8 Å². The molecule has 4 heteroatoms. The molecule has 0 atom stereocenters. The zero-order valence-corrected chi connectivity index (χ0v) is 10.6. The molecule has 0 aliphatic carbocycles. The number of nitrogens with two attached hydrogens (primary N) is 1. The number of nitriles is 1. The van der Waals surface area contributed by atoms with Gasteiger partial charge in [0.05, 0.1) is 7.11 Å². The molecule has 0 amide bonds. The molecule has 0 aliphatic rings. The topological polar surface area (TPSA) is 72.2 Å². The number of anilines is 1. The molecule has 0 saturated carbocycles. The summed E-state index contributed by atoms with van der Waals surface area (Å²) in [6.45, 7) is 4.02. The number of nitrogens with zero attached hydrogens (tertiary/aromatic N) is 1. The van der Waals surface area contributed by atoms with E-state index in [1.807, 2.05) is 26.0 Å². The Kier molecular flexibility index (Phi) is 2.99. The van der Waals surface area contributed by atoms with Gasteiger partial charge in [-0.05, 0) is 37.1 Å². The zero-order chi connectivity index (χ0) is 13.3. The van der Waals surface area contributed by atoms with Gasteiger partial charge >= 0.3 is 0 Å². The Labute approximate surface area is 106 Å². The minimum atomic E-state index is 0.132. The van der Waals surface area contributed by atoms with Gasteiger partial charge in [0.25, 0.3) is 0 Å². The van der Waals surface area contributed by atoms with E-state index < -0.39 is 0 Å². The van der Waals surface area contributed by atoms with E-state index in [4.69, 9.17) is 20.1 Å². The number of benzene rings is 1. The number of aryl methyl sites for hydroxylation is 2. The molecule has 2 aromatic rings. The Morgan fingerprint density at radius 1 is 1.22 bits per heavy atom. The lowest BCUT2D eigenvalue weighted by molar-refractivity contribution is 0.416. The molecule has 1 aromatic carbocycles. The van der Waals surface area contributed by atoms with Crippen LogP contribution in [0.3, 0.4) is 0 Å². The molecule has 2 rings (SSSR count). The molecule has 92 valence electrons. The quantitative estimate of drug-likeness (QED) is 0.878. The summed E-state index contributed by atoms with van der Waals surface area (Å²) >= 11 is 0. The van der Waals surface area contributed by atoms with Crippen LogP contribution in [-0.2, 0) is 0 Å². The highest BCUT2D eigenvalue weighted by atomic mass is 16.5. The maximum atomic E-state index is 9.11. The molecule has 1 aromatic heterocycles. The summed E-state index contributed by atoms with van der Waals surface area (Å²) < 4.78 is 10.5. The number of nitrogen functional groups attached to an aromatic ring is 1. The van der Waals surface area contributed by atoms with Crippen LogP contribution in [0.25, 0.3) is 11.1 Å². The molecule has 0 radical (unpaired) electrons. The van der Waals surface area contributed by atoms with Crippen molar-refractivity contribution in [1.82, 2.24) is 0 Å². The van der Waals surface area contributed by atoms with Gasteiger partial charge in [0.15, 0.2) is 0 Å². The first-order valence-corrected chi connectivity index (χ1v) is 5.51. The lowest BCUT2D eigenvalue weighted by Gasteiger charge is -2.10. The Hall–Kier alpha value is -2.41. The Morgan fingerprint density at radius 2 is 1.89 bits per heavy atom. The van der Waals surface area contributed by atoms with Crippen LogP contribution in [0.5, 0.6) is 5.75 Å². The number of hydrogen-bond donors (Lipinski definition) is 1. The fraction of sp³-hybridized carbons (Fsp3) is 0.214. The molecule has 0 bridgehead atoms. The molecule has 0 saturated heterocycles. The van der Waals surface area contributed by atoms with E-state index in [9.17, 15) is 0 Å². The van der Waals surface area contributed by atoms with Crippen molar-refractivity contribution in [3.05, 3.63) is 35.1 Å². The summed E-state index contributed by atoms with van der Waals surface area (Å²) in [6, 6.07) is 5.96. The Balaban J connectivity index is 2.71. The van der Waals surface area contributed by atoms with Crippen LogP contribution in [0.4, 0.5) is 5.88 Å². The number of ether oxygens (including phenoxy) is 1. The van der Waals surface area contributed by atoms with Crippen LogP contribution in [0, 0.1) is 25.2 Å². The first kappa shape index (κ1) is 12.1. The summed E-state index contributed by atoms with van der Waals surface area (Å²) in [6.07, 6.45) is 1.49. The third kappa shape index (κ3) is 1.80. The van der Waals surface area contributed by atoms with Gasteiger partial charge in [0.2, 0.25) is 5.88 Å². The second kappa shape index (κ2) is 4.46. The van der Waals surface area contributed by atoms with Crippen molar-refractivity contribution in [2.45, 2.75) is 13.8 Å². The number of hydrogen-bond acceptors (Lipinski definition) is 4. The molecule has 0 aliphatic heterocycles. The van der Waals surface area contributed by atoms with Crippen molar-refractivity contribution in [3.63, 3.8) is 0 Å². The normalized spacial score (nSPS) is 10.1. The summed E-state index contributed by atoms with van der Waals surface area (Å²) in [5, 5.41) is 9.11. The van der Waals surface area contributed by atoms with Gasteiger partial charge in [-0.15, -0.1) is 0 Å². The van der Waals surface area contributed by atoms with Crippen LogP contribution < -0.4 is 10.5 Å². The number of methoxy groups -OCH3 is 1. The van der Waals surface area contributed by atoms with E-state index in [2.05, 4.69) is 6.07 Å². The van der Waals surface area contributed by atoms with E-state index in [0.717, 1.165) is 16.7 Å². The largest absolute Gasteiger partial charge is 0.496 e. The predicted octanol–water partition coefficient (Wildman–Crippen LogP) is 3.03. The second-order valence-corrected chi connectivity index (χ2v) is 4.14. The lowest BCUT2D eigenvalue weighted by atomic mass is 9.98. The number of furan rings is 1. The van der Waals surface area contributed by atoms with Gasteiger partial charge in [0, 0.05) is 11.1 Å². The third-order valence-electron chi connectivity index (χ3n) is 3.04. The molecule has 4 nitrogen and oxygen atoms in total. The van der Waals surface area contributed by atoms with Crippen LogP contribution in [0.15, 0.2) is 22.8 Å². The minimum Gasteiger partial charge on any atom is -0.496 e. The SMILES string of the molecule is COc1cc(C)c(C)cc1-c1coc(N)c1C#N. The van der Waals surface area contributed by atoms with E-state index in [0.29, 0.717) is 16.9 Å². The minimum absolute atomic E-state index is 0.132. The van der Waals surface area contributed by atoms with Crippen LogP contribution in [-0.4, -0.2) is 7.11 Å². The lowest BCUT2D eigenvalue weighted by Crippen LogP contribution is -1.93. The average Bonchev–Trinajstić information content (AvgIpc) is 2.73. The highest BCUT2D eigenvalue weighted by molar-refractivity contribution is 5.79. The van der Waals surface area contributed by atoms with Crippen molar-refractivity contribution >= 4 is 5.88 Å². The van der Waals surface area contributed by atoms with Crippen molar-refractivity contribution in [2.24, 2.45) is 0 Å². The highest BCUT2D eigenvalue weighted by Crippen LogP contribution is 2.37. The standard InChI is InChI=1S/C14H14N2O2/c1-8-4-10(13(17-3)5-9(8)2)12-7-18-14(16)11(12)6-15/h4-5,7H,16H2,1-3H3. The molecule has 0 spiro atoms. The fourth-order valence-electron chi connectivity index (χ4n) is 1.86. The maximum Gasteiger partial charge on any atom is 0.208 e. The van der Waals surface area contributed by atoms with Crippen LogP contribution in [0.1, 0.15) is 16.7 Å². The summed E-state index contributed by atoms with van der Waals surface area (Å²) in [5.41, 5.74) is 9.69. The van der Waals surface area contributed by atoms with Crippen molar-refractivity contribution < 1.29 is 9.15 Å². The first-order valence-electron chi connectivity index (χ1n) is 5.51. The molecular weight excluding hydrogens is 228 g/mol. The molecule has 0 fully saturated rings. The average molecular weight is 242 g/mol. The Morgan fingerprint density at radius 3 is 2.50 bits per heavy atom. The maximum absolute atomic E-state index is 9.11. The van der Waals surface area contributed by atoms with Gasteiger partial charge in [-0.25, -0.2) is 0 Å². The fourth-order valence-corrected chi connectivity index (χ4v) is 1.86. The summed E-state index contributed by atoms with van der Waals surface area (Å²) in [4.78, 5) is 0. The molecule has 2 N–H and O–H groups in total. The molecular formula is C14H14N2O2. The molecule has 1 heterocycles. The van der Waals surface area contributed by atoms with E-state index in [-0.39, 0.29) is 5.88 Å². The van der Waals surface area contributed by atoms with Gasteiger partial charge in [-0.1, -0.05) is 0 Å². The van der Waals surface area contributed by atoms with E-state index in [1.165, 1.54) is 6.26 Å². The zero-order valence-electron chi connectivity index (χ0n) is 10.6. The molecule has 18 heavy (non-hydrogen) atoms. The first-order chi connectivity index (χ1) is 8.58. The van der Waals surface area contributed by atoms with Gasteiger partial charge < -0.3 is 14.9 Å². The van der Waals surface area contributed by atoms with Gasteiger partial charge in [0.1, 0.15) is 23.6 Å². The van der Waals surface area contributed by atoms with Crippen LogP contribution >= 0.6 is 0 Å². The highest BCUT2D eigenvalue weighted by Gasteiger charge is 2.17. The summed E-state index contributed by atoms with van der Waals surface area (Å²) in [7, 11) is 1.60. The van der Waals surface area contributed by atoms with Gasteiger partial charge in [-0.2, -0.15) is 5.26 Å². The monoisotopic (exact) mass is 242 g/mol. The van der Waals surface area contributed by atoms with Crippen molar-refractivity contribution in [3.8, 4) is 22.9 Å². The smallest absolute Gasteiger partial charge is 0.208 e. The summed E-state index contributed by atoms with van der Waals surface area (Å²) in [5.74, 6) is 0.836. The number of rotatable bonds is 2. The van der Waals surface area contributed by atoms with E-state index in [1.54, 1.807) is 7.11 Å². The predicted molar refractivity (Wildman–Crippen MR) is 69.3 cm³/mol. The van der Waals surface area contributed by atoms with Crippen molar-refractivity contribution in [1.29, 1.82) is 5.26 Å². The third-order valence-corrected chi connectivity index (χ3v) is 3.04. The second-order valence-electron chi connectivity index (χ2n) is 4.14. The van der Waals surface area contributed by atoms with E-state index >= 15 is 0 Å². The van der Waals surface area contributed by atoms with Gasteiger partial charge in [-0.3, -0.25) is 0 Å². The molecule has 0 unspecified atom stereocenters. The Bertz CT molecular complexity index is 636.